The number of aromatic amines is 2. The maximum Gasteiger partial charge on any atom is 0.326 e. The van der Waals surface area contributed by atoms with Gasteiger partial charge in [0, 0.05) is 107 Å². The second-order valence-corrected chi connectivity index (χ2v) is 35.0. The molecule has 15 atom stereocenters. The van der Waals surface area contributed by atoms with Crippen LogP contribution in [0.2, 0.25) is 0 Å². The lowest BCUT2D eigenvalue weighted by Gasteiger charge is -2.32. The smallest absolute Gasteiger partial charge is 0.326 e. The number of carbonyl (C=O) groups excluding carboxylic acids is 15. The first kappa shape index (κ1) is 110. The average Bonchev–Trinajstić information content (AvgIpc) is 1.63. The van der Waals surface area contributed by atoms with Gasteiger partial charge in [0.05, 0.1) is 25.2 Å². The second-order valence-electron chi connectivity index (χ2n) is 34.6. The monoisotopic (exact) mass is 1960 g/mol. The molecule has 0 saturated carbocycles. The van der Waals surface area contributed by atoms with E-state index in [9.17, 15) is 92.0 Å². The van der Waals surface area contributed by atoms with Crippen LogP contribution in [0.15, 0.2) is 85.7 Å². The number of thiol groups is 1. The molecule has 30 N–H and O–H groups in total. The summed E-state index contributed by atoms with van der Waals surface area (Å²) in [5, 5.41) is 79.1. The van der Waals surface area contributed by atoms with Crippen LogP contribution >= 0.6 is 12.6 Å². The minimum Gasteiger partial charge on any atom is -0.481 e. The fourth-order valence-electron chi connectivity index (χ4n) is 17.0. The van der Waals surface area contributed by atoms with E-state index in [0.29, 0.717) is 41.8 Å². The van der Waals surface area contributed by atoms with Crippen molar-refractivity contribution in [1.82, 2.24) is 109 Å². The van der Waals surface area contributed by atoms with Gasteiger partial charge < -0.3 is 143 Å². The fraction of sp³-hybridized carbons (Fsp3) is 0.573. The van der Waals surface area contributed by atoms with Gasteiger partial charge in [-0.05, 0) is 153 Å². The number of nitrogens with one attached hydrogen (secondary N) is 17. The van der Waals surface area contributed by atoms with E-state index in [1.54, 1.807) is 60.7 Å². The number of benzene rings is 2. The second kappa shape index (κ2) is 56.7. The van der Waals surface area contributed by atoms with Crippen LogP contribution in [-0.4, -0.2) is 329 Å². The lowest BCUT2D eigenvalue weighted by atomic mass is 10.0. The normalized spacial score (nSPS) is 17.9. The van der Waals surface area contributed by atoms with Crippen molar-refractivity contribution in [2.24, 2.45) is 28.7 Å². The third kappa shape index (κ3) is 35.2. The molecule has 4 saturated heterocycles. The number of carbonyl (C=O) groups is 18. The summed E-state index contributed by atoms with van der Waals surface area (Å²) in [7, 11) is 0. The Hall–Kier alpha value is -13.9. The Morgan fingerprint density at radius 1 is 0.396 bits per heavy atom. The molecule has 50 heteroatoms. The molecule has 2 aromatic heterocycles. The molecule has 0 spiro atoms. The minimum atomic E-state index is -1.73. The molecular formula is C89H132N28O21S. The summed E-state index contributed by atoms with van der Waals surface area (Å²) in [4.78, 5) is 274. The molecule has 0 aliphatic carbocycles. The van der Waals surface area contributed by atoms with E-state index in [2.05, 4.69) is 102 Å². The number of likely N-dealkylation sites (tertiary alicyclic amines) is 4. The molecule has 8 rings (SSSR count). The number of aliphatic carboxylic acids is 3. The molecule has 49 nitrogen and oxygen atoms in total. The highest BCUT2D eigenvalue weighted by Gasteiger charge is 2.47. The van der Waals surface area contributed by atoms with Crippen LogP contribution in [0.3, 0.4) is 0 Å². The molecule has 0 bridgehead atoms. The van der Waals surface area contributed by atoms with E-state index in [1.165, 1.54) is 44.6 Å². The average molecular weight is 1960 g/mol. The number of hydrogen-bond donors (Lipinski definition) is 26. The summed E-state index contributed by atoms with van der Waals surface area (Å²) in [5.41, 5.74) is 30.6. The molecule has 760 valence electrons. The van der Waals surface area contributed by atoms with Crippen LogP contribution in [0.1, 0.15) is 164 Å². The number of imidazole rings is 2. The summed E-state index contributed by atoms with van der Waals surface area (Å²) < 4.78 is 0. The molecule has 4 aromatic rings. The Labute approximate surface area is 807 Å². The molecule has 15 amide bonds. The summed E-state index contributed by atoms with van der Waals surface area (Å²) in [5.74, 6) is -17.6. The first-order valence-electron chi connectivity index (χ1n) is 46.7. The number of nitrogens with zero attached hydrogens (tertiary/aromatic N) is 6. The number of unbranched alkanes of at least 4 members (excludes halogenated alkanes) is 2. The van der Waals surface area contributed by atoms with Crippen molar-refractivity contribution < 1.29 is 102 Å². The van der Waals surface area contributed by atoms with Gasteiger partial charge in [-0.3, -0.25) is 92.3 Å². The van der Waals surface area contributed by atoms with Crippen molar-refractivity contribution >= 4 is 131 Å². The van der Waals surface area contributed by atoms with E-state index >= 15 is 9.59 Å². The Balaban J connectivity index is 0.945. The zero-order valence-corrected chi connectivity index (χ0v) is 78.3. The Kier molecular flexibility index (Phi) is 45.0. The van der Waals surface area contributed by atoms with Crippen LogP contribution in [0.25, 0.3) is 0 Å². The maximum atomic E-state index is 15.3. The highest BCUT2D eigenvalue weighted by atomic mass is 32.1. The zero-order chi connectivity index (χ0) is 101. The lowest BCUT2D eigenvalue weighted by molar-refractivity contribution is -0.146. The predicted molar refractivity (Wildman–Crippen MR) is 503 cm³/mol. The van der Waals surface area contributed by atoms with E-state index < -0.39 is 235 Å². The predicted octanol–water partition coefficient (Wildman–Crippen LogP) is -5.81. The highest BCUT2D eigenvalue weighted by Crippen LogP contribution is 2.27. The van der Waals surface area contributed by atoms with Gasteiger partial charge in [-0.15, -0.1) is 0 Å². The number of hydrogen-bond acceptors (Lipinski definition) is 26. The van der Waals surface area contributed by atoms with E-state index in [4.69, 9.17) is 39.5 Å². The number of nitrogens with two attached hydrogens (primary N) is 5. The summed E-state index contributed by atoms with van der Waals surface area (Å²) in [6, 6.07) is -3.52. The van der Waals surface area contributed by atoms with Gasteiger partial charge in [-0.1, -0.05) is 60.7 Å². The van der Waals surface area contributed by atoms with E-state index in [0.717, 1.165) is 0 Å². The van der Waals surface area contributed by atoms with Crippen molar-refractivity contribution in [2.75, 3.05) is 64.7 Å². The number of rotatable bonds is 58. The molecule has 4 aliphatic heterocycles. The number of carboxylic acid groups (broad SMARTS) is 3. The van der Waals surface area contributed by atoms with Gasteiger partial charge in [0.25, 0.3) is 0 Å². The summed E-state index contributed by atoms with van der Waals surface area (Å²) in [6.45, 7) is -0.406. The van der Waals surface area contributed by atoms with Gasteiger partial charge in [-0.2, -0.15) is 12.6 Å². The Bertz CT molecular complexity index is 4850. The SMILES string of the molecule is N=C(N)NCCC[C@H](NC(=O)CNC(=O)[C@H](Cc1cnc[nH]1)NC(=O)[C@@H]1CCCN1C(=O)[C@H](Cc1ccccc1)NC(=O)[C@@H]1CCCN1C(=O)[C@H](CCCCN)NC(=O)[C@H](CCC(=O)O)NC(=O)[C@H](CCCNC(=N)N)NC(=O)[C@@H](N)CS)C(=O)N[C@@H](CCC(=O)O)C(=O)N[C@@H](CCCCN)C(=O)N1CCC[C@H]1C(=O)N[C@@H](Cc1ccccc1)C(=O)N1CCC[C@H]1C(=O)N[C@@H](Cc1cnc[nH]1)C(=O)O. The number of aromatic nitrogens is 4. The van der Waals surface area contributed by atoms with Crippen molar-refractivity contribution in [3.8, 4) is 0 Å². The van der Waals surface area contributed by atoms with Crippen molar-refractivity contribution in [2.45, 2.75) is 258 Å². The first-order chi connectivity index (χ1) is 66.6. The summed E-state index contributed by atoms with van der Waals surface area (Å²) in [6.07, 6.45) is 4.98. The largest absolute Gasteiger partial charge is 0.481 e. The van der Waals surface area contributed by atoms with Crippen LogP contribution in [0, 0.1) is 10.8 Å². The molecule has 0 radical (unpaired) electrons. The molecule has 0 unspecified atom stereocenters. The third-order valence-electron chi connectivity index (χ3n) is 24.2. The van der Waals surface area contributed by atoms with Crippen LogP contribution in [0.4, 0.5) is 0 Å². The Morgan fingerprint density at radius 3 is 1.07 bits per heavy atom. The lowest BCUT2D eigenvalue weighted by Crippen LogP contribution is -2.60. The van der Waals surface area contributed by atoms with E-state index in [1.807, 2.05) is 0 Å². The highest BCUT2D eigenvalue weighted by molar-refractivity contribution is 7.80. The minimum absolute atomic E-state index is 0.00533. The van der Waals surface area contributed by atoms with Crippen LogP contribution in [-0.2, 0) is 112 Å². The van der Waals surface area contributed by atoms with Crippen molar-refractivity contribution in [3.63, 3.8) is 0 Å². The maximum absolute atomic E-state index is 15.3. The molecule has 4 fully saturated rings. The number of guanidine groups is 2. The molecule has 2 aromatic carbocycles. The van der Waals surface area contributed by atoms with Crippen LogP contribution in [0.5, 0.6) is 0 Å². The van der Waals surface area contributed by atoms with E-state index in [-0.39, 0.29) is 186 Å². The van der Waals surface area contributed by atoms with Crippen molar-refractivity contribution in [3.05, 3.63) is 108 Å². The van der Waals surface area contributed by atoms with Gasteiger partial charge in [0.1, 0.15) is 84.6 Å². The van der Waals surface area contributed by atoms with Crippen LogP contribution < -0.4 is 97.8 Å². The summed E-state index contributed by atoms with van der Waals surface area (Å²) >= 11 is 4.07. The number of H-pyrrole nitrogens is 2. The first-order valence-corrected chi connectivity index (χ1v) is 47.3. The van der Waals surface area contributed by atoms with Gasteiger partial charge in [0.2, 0.25) is 88.6 Å². The zero-order valence-electron chi connectivity index (χ0n) is 77.4. The Morgan fingerprint density at radius 2 is 0.727 bits per heavy atom. The standard InChI is InChI=1S/C89H132N28O21S/c90-33-9-7-21-60(83(133)114-37-14-27-68(114)81(131)112-64(42-52-19-5-2-6-20-52)86(136)117-40-16-28-69(117)82(132)113-65(87(137)138)44-54-46-98-50-103-54)108-77(127)58(29-31-71(119)120)106-75(125)56(23-11-35-99-88(93)94)104-70(118)47-101-74(124)62(43-53-45-97-49-102-53)110-79(129)66-25-15-39-116(66)85(135)63(41-51-17-3-1-4-18-51)111-80(130)67-26-13-38-115(67)84(134)61(22-8-10-34-91)109-78(128)59(30-32-72(121)122)107-76(126)57(24-12-36-100-89(95)96)105-73(123)55(92)48-139/h1-6,17-20,45-46,49-50,55-69,139H,7-16,21-44,47-48,90-92H2,(H,97,102)(H,98,103)(H,101,124)(H,104,118)(H,105,123)(H,106,125)(H,107,126)(H,108,127)(H,109,128)(H,110,129)(H,111,130)(H,112,131)(H,113,132)(H,119,120)(H,121,122)(H,137,138)(H4,93,94,99)(H4,95,96,100)/t55-,56-,57-,58-,59-,60-,61-,62-,63-,64-,65-,66-,67-,68-,69-/m0/s1. The van der Waals surface area contributed by atoms with Gasteiger partial charge >= 0.3 is 17.9 Å². The molecular weight excluding hydrogens is 1830 g/mol. The quantitative estimate of drug-likeness (QED) is 0.00847. The number of carboxylic acids is 3. The molecule has 139 heavy (non-hydrogen) atoms. The molecule has 4 aliphatic rings. The van der Waals surface area contributed by atoms with Crippen molar-refractivity contribution in [1.29, 1.82) is 10.8 Å². The number of amides is 15. The fourth-order valence-corrected chi connectivity index (χ4v) is 17.1. The topological polar surface area (TPSA) is 772 Å². The van der Waals surface area contributed by atoms with Gasteiger partial charge in [0.15, 0.2) is 11.9 Å². The third-order valence-corrected chi connectivity index (χ3v) is 24.6. The van der Waals surface area contributed by atoms with Gasteiger partial charge in [-0.25, -0.2) is 14.8 Å². The molecule has 6 heterocycles.